The lowest BCUT2D eigenvalue weighted by Crippen LogP contribution is -2.11. The first-order valence-corrected chi connectivity index (χ1v) is 15.4. The van der Waals surface area contributed by atoms with Crippen molar-refractivity contribution in [1.29, 1.82) is 0 Å². The lowest BCUT2D eigenvalue weighted by molar-refractivity contribution is 1.13. The number of anilines is 3. The van der Waals surface area contributed by atoms with E-state index in [0.29, 0.717) is 0 Å². The Morgan fingerprint density at radius 1 is 0.478 bits per heavy atom. The Balaban J connectivity index is 1.32. The molecule has 0 amide bonds. The van der Waals surface area contributed by atoms with Crippen LogP contribution in [0.4, 0.5) is 17.1 Å². The Labute approximate surface area is 266 Å². The molecule has 0 saturated heterocycles. The molecule has 5 nitrogen and oxygen atoms in total. The molecule has 0 bridgehead atoms. The Bertz CT molecular complexity index is 2360. The highest BCUT2D eigenvalue weighted by atomic mass is 15.2. The van der Waals surface area contributed by atoms with Crippen LogP contribution in [0.5, 0.6) is 0 Å². The third-order valence-electron chi connectivity index (χ3n) is 8.73. The number of hydrogen-bond donors (Lipinski definition) is 0. The highest BCUT2D eigenvalue weighted by Crippen LogP contribution is 2.54. The number of hydrogen-bond acceptors (Lipinski definition) is 4. The molecule has 216 valence electrons. The van der Waals surface area contributed by atoms with Gasteiger partial charge in [-0.05, 0) is 66.7 Å². The molecule has 0 fully saturated rings. The number of aromatic nitrogens is 4. The van der Waals surface area contributed by atoms with E-state index < -0.39 is 0 Å². The van der Waals surface area contributed by atoms with Crippen LogP contribution in [-0.2, 0) is 0 Å². The van der Waals surface area contributed by atoms with E-state index in [0.717, 1.165) is 73.0 Å². The summed E-state index contributed by atoms with van der Waals surface area (Å²) in [6.07, 6.45) is 7.57. The summed E-state index contributed by atoms with van der Waals surface area (Å²) in [6, 6.07) is 48.9. The van der Waals surface area contributed by atoms with Gasteiger partial charge in [0.05, 0.1) is 34.0 Å². The van der Waals surface area contributed by atoms with Crippen LogP contribution in [0.15, 0.2) is 164 Å². The molecule has 4 aromatic heterocycles. The van der Waals surface area contributed by atoms with Gasteiger partial charge in [-0.3, -0.25) is 15.0 Å². The van der Waals surface area contributed by atoms with E-state index in [4.69, 9.17) is 0 Å². The molecule has 46 heavy (non-hydrogen) atoms. The molecule has 1 aliphatic rings. The lowest BCUT2D eigenvalue weighted by Gasteiger charge is -2.27. The topological polar surface area (TPSA) is 46.8 Å². The summed E-state index contributed by atoms with van der Waals surface area (Å²) in [4.78, 5) is 16.2. The van der Waals surface area contributed by atoms with E-state index in [-0.39, 0.29) is 0 Å². The fourth-order valence-corrected chi connectivity index (χ4v) is 6.74. The van der Waals surface area contributed by atoms with E-state index in [1.165, 1.54) is 5.56 Å². The van der Waals surface area contributed by atoms with Crippen LogP contribution in [0.25, 0.3) is 61.5 Å². The summed E-state index contributed by atoms with van der Waals surface area (Å²) in [5.74, 6) is 0. The molecule has 5 heterocycles. The summed E-state index contributed by atoms with van der Waals surface area (Å²) in [5, 5.41) is 1.11. The number of pyridine rings is 3. The van der Waals surface area contributed by atoms with E-state index in [2.05, 4.69) is 134 Å². The van der Waals surface area contributed by atoms with Crippen molar-refractivity contribution < 1.29 is 0 Å². The van der Waals surface area contributed by atoms with Crippen LogP contribution in [0.3, 0.4) is 0 Å². The van der Waals surface area contributed by atoms with E-state index in [1.807, 2.05) is 55.1 Å². The number of para-hydroxylation sites is 2. The molecule has 0 saturated carbocycles. The van der Waals surface area contributed by atoms with Crippen molar-refractivity contribution in [2.45, 2.75) is 0 Å². The molecular formula is C41H27N5. The highest BCUT2D eigenvalue weighted by molar-refractivity contribution is 6.12. The van der Waals surface area contributed by atoms with Crippen LogP contribution in [0, 0.1) is 0 Å². The summed E-state index contributed by atoms with van der Waals surface area (Å²) >= 11 is 0. The Morgan fingerprint density at radius 3 is 1.89 bits per heavy atom. The van der Waals surface area contributed by atoms with Crippen molar-refractivity contribution in [3.05, 3.63) is 164 Å². The zero-order chi connectivity index (χ0) is 30.5. The number of nitrogens with zero attached hydrogens (tertiary/aromatic N) is 5. The minimum atomic E-state index is 0.944. The standard InChI is InChI=1S/C41H27N5/c1-3-16-37-32(12-1)40-34-27-42-25-22-39(34)46(31-11-9-10-29(26-31)36-15-6-8-24-44-36)41(40)33-13-2-4-17-38(33)45(37)30-20-18-28(19-21-30)35-14-5-7-23-43-35/h1-27H. The summed E-state index contributed by atoms with van der Waals surface area (Å²) in [5.41, 5.74) is 14.1. The van der Waals surface area contributed by atoms with E-state index in [9.17, 15) is 0 Å². The quantitative estimate of drug-likeness (QED) is 0.205. The third-order valence-corrected chi connectivity index (χ3v) is 8.73. The van der Waals surface area contributed by atoms with Crippen LogP contribution < -0.4 is 4.90 Å². The summed E-state index contributed by atoms with van der Waals surface area (Å²) in [6.45, 7) is 0. The number of fused-ring (bicyclic) bond motifs is 7. The minimum Gasteiger partial charge on any atom is -0.309 e. The van der Waals surface area contributed by atoms with Gasteiger partial charge >= 0.3 is 0 Å². The van der Waals surface area contributed by atoms with Crippen LogP contribution in [0.1, 0.15) is 0 Å². The first-order valence-electron chi connectivity index (χ1n) is 15.4. The zero-order valence-electron chi connectivity index (χ0n) is 24.8. The predicted octanol–water partition coefficient (Wildman–Crippen LogP) is 10.3. The average Bonchev–Trinajstić information content (AvgIpc) is 3.42. The maximum atomic E-state index is 4.64. The van der Waals surface area contributed by atoms with Gasteiger partial charge in [-0.15, -0.1) is 0 Å². The molecule has 0 N–H and O–H groups in total. The smallest absolute Gasteiger partial charge is 0.0702 e. The van der Waals surface area contributed by atoms with Gasteiger partial charge in [0.2, 0.25) is 0 Å². The third kappa shape index (κ3) is 4.14. The first kappa shape index (κ1) is 26.1. The van der Waals surface area contributed by atoms with Gasteiger partial charge in [-0.2, -0.15) is 0 Å². The normalized spacial score (nSPS) is 11.9. The van der Waals surface area contributed by atoms with Crippen molar-refractivity contribution in [1.82, 2.24) is 19.5 Å². The predicted molar refractivity (Wildman–Crippen MR) is 187 cm³/mol. The maximum Gasteiger partial charge on any atom is 0.0702 e. The second kappa shape index (κ2) is 10.7. The largest absolute Gasteiger partial charge is 0.309 e. The molecule has 5 heteroatoms. The van der Waals surface area contributed by atoms with Crippen LogP contribution in [-0.4, -0.2) is 19.5 Å². The molecule has 0 spiro atoms. The Hall–Kier alpha value is -6.33. The van der Waals surface area contributed by atoms with Gasteiger partial charge in [-0.1, -0.05) is 72.8 Å². The van der Waals surface area contributed by atoms with Crippen molar-refractivity contribution >= 4 is 28.0 Å². The fraction of sp³-hybridized carbons (Fsp3) is 0. The molecule has 0 atom stereocenters. The second-order valence-corrected chi connectivity index (χ2v) is 11.3. The monoisotopic (exact) mass is 589 g/mol. The molecule has 8 aromatic rings. The number of rotatable bonds is 4. The maximum absolute atomic E-state index is 4.64. The van der Waals surface area contributed by atoms with Crippen molar-refractivity contribution in [2.75, 3.05) is 4.90 Å². The van der Waals surface area contributed by atoms with E-state index >= 15 is 0 Å². The van der Waals surface area contributed by atoms with Gasteiger partial charge in [0.1, 0.15) is 0 Å². The molecule has 0 radical (unpaired) electrons. The van der Waals surface area contributed by atoms with Gasteiger partial charge in [-0.25, -0.2) is 0 Å². The molecule has 0 aliphatic carbocycles. The van der Waals surface area contributed by atoms with Crippen LogP contribution in [0.2, 0.25) is 0 Å². The molecule has 4 aromatic carbocycles. The van der Waals surface area contributed by atoms with Gasteiger partial charge in [0.15, 0.2) is 0 Å². The fourth-order valence-electron chi connectivity index (χ4n) is 6.74. The van der Waals surface area contributed by atoms with Gasteiger partial charge < -0.3 is 9.47 Å². The Morgan fingerprint density at radius 2 is 1.15 bits per heavy atom. The summed E-state index contributed by atoms with van der Waals surface area (Å²) < 4.78 is 2.39. The molecular weight excluding hydrogens is 562 g/mol. The zero-order valence-corrected chi connectivity index (χ0v) is 24.8. The molecule has 1 aliphatic heterocycles. The van der Waals surface area contributed by atoms with Crippen molar-refractivity contribution in [3.63, 3.8) is 0 Å². The SMILES string of the molecule is c1ccc(-c2ccc(N3c4ccccc4-c4c(n(-c5cccc(-c6ccccn6)c5)c5ccncc45)-c4ccccc43)cc2)nc1. The molecule has 0 unspecified atom stereocenters. The average molecular weight is 590 g/mol. The lowest BCUT2D eigenvalue weighted by atomic mass is 9.99. The van der Waals surface area contributed by atoms with Gasteiger partial charge in [0.25, 0.3) is 0 Å². The first-order chi connectivity index (χ1) is 22.8. The highest BCUT2D eigenvalue weighted by Gasteiger charge is 2.31. The Kier molecular flexibility index (Phi) is 6.06. The van der Waals surface area contributed by atoms with Crippen molar-refractivity contribution in [3.8, 4) is 50.6 Å². The van der Waals surface area contributed by atoms with Crippen LogP contribution >= 0.6 is 0 Å². The van der Waals surface area contributed by atoms with E-state index in [1.54, 1.807) is 0 Å². The second-order valence-electron chi connectivity index (χ2n) is 11.3. The van der Waals surface area contributed by atoms with Crippen molar-refractivity contribution in [2.24, 2.45) is 0 Å². The van der Waals surface area contributed by atoms with Gasteiger partial charge in [0, 0.05) is 69.4 Å². The minimum absolute atomic E-state index is 0.944. The molecule has 9 rings (SSSR count). The number of benzene rings is 4. The summed E-state index contributed by atoms with van der Waals surface area (Å²) in [7, 11) is 0.